The van der Waals surface area contributed by atoms with Gasteiger partial charge in [0.05, 0.1) is 17.4 Å². The van der Waals surface area contributed by atoms with Crippen molar-refractivity contribution in [1.29, 1.82) is 0 Å². The monoisotopic (exact) mass is 386 g/mol. The summed E-state index contributed by atoms with van der Waals surface area (Å²) >= 11 is 0. The average molecular weight is 386 g/mol. The van der Waals surface area contributed by atoms with Crippen molar-refractivity contribution in [2.24, 2.45) is 0 Å². The SMILES string of the molecule is CCCn1cnc2cc(CNC(=O)c3ccc(-n4c(C)ccc4C)cc3)ccc21. The molecule has 0 aliphatic carbocycles. The van der Waals surface area contributed by atoms with Crippen LogP contribution in [-0.4, -0.2) is 20.0 Å². The maximum absolute atomic E-state index is 12.6. The van der Waals surface area contributed by atoms with Crippen molar-refractivity contribution in [3.8, 4) is 5.69 Å². The minimum atomic E-state index is -0.0749. The first-order valence-corrected chi connectivity index (χ1v) is 10.0. The number of aromatic nitrogens is 3. The minimum Gasteiger partial charge on any atom is -0.348 e. The molecular weight excluding hydrogens is 360 g/mol. The van der Waals surface area contributed by atoms with Crippen LogP contribution in [-0.2, 0) is 13.1 Å². The van der Waals surface area contributed by atoms with Gasteiger partial charge in [0, 0.05) is 35.7 Å². The molecule has 0 fully saturated rings. The number of benzene rings is 2. The van der Waals surface area contributed by atoms with E-state index in [4.69, 9.17) is 0 Å². The van der Waals surface area contributed by atoms with Crippen molar-refractivity contribution in [2.75, 3.05) is 0 Å². The maximum atomic E-state index is 12.6. The number of carbonyl (C=O) groups is 1. The van der Waals surface area contributed by atoms with Gasteiger partial charge in [-0.15, -0.1) is 0 Å². The fraction of sp³-hybridized carbons (Fsp3) is 0.250. The van der Waals surface area contributed by atoms with Crippen LogP contribution in [0.3, 0.4) is 0 Å². The van der Waals surface area contributed by atoms with E-state index in [1.807, 2.05) is 36.7 Å². The highest BCUT2D eigenvalue weighted by atomic mass is 16.1. The van der Waals surface area contributed by atoms with Crippen LogP contribution >= 0.6 is 0 Å². The summed E-state index contributed by atoms with van der Waals surface area (Å²) in [5.41, 5.74) is 7.22. The van der Waals surface area contributed by atoms with Crippen molar-refractivity contribution >= 4 is 16.9 Å². The topological polar surface area (TPSA) is 51.9 Å². The number of nitrogens with zero attached hydrogens (tertiary/aromatic N) is 3. The molecule has 2 aromatic heterocycles. The summed E-state index contributed by atoms with van der Waals surface area (Å²) < 4.78 is 4.34. The number of nitrogens with one attached hydrogen (secondary N) is 1. The molecule has 0 bridgehead atoms. The highest BCUT2D eigenvalue weighted by molar-refractivity contribution is 5.94. The Labute approximate surface area is 171 Å². The molecule has 1 amide bonds. The van der Waals surface area contributed by atoms with E-state index in [-0.39, 0.29) is 5.91 Å². The van der Waals surface area contributed by atoms with Crippen molar-refractivity contribution in [3.63, 3.8) is 0 Å². The third kappa shape index (κ3) is 3.81. The Morgan fingerprint density at radius 3 is 2.41 bits per heavy atom. The van der Waals surface area contributed by atoms with Gasteiger partial charge in [0.1, 0.15) is 0 Å². The first-order chi connectivity index (χ1) is 14.1. The lowest BCUT2D eigenvalue weighted by Crippen LogP contribution is -2.22. The van der Waals surface area contributed by atoms with Gasteiger partial charge in [0.15, 0.2) is 0 Å². The summed E-state index contributed by atoms with van der Waals surface area (Å²) in [6.45, 7) is 7.76. The van der Waals surface area contributed by atoms with E-state index in [0.29, 0.717) is 12.1 Å². The molecule has 0 saturated carbocycles. The average Bonchev–Trinajstić information content (AvgIpc) is 3.29. The standard InChI is InChI=1S/C24H26N4O/c1-4-13-27-16-26-22-14-19(7-12-23(22)27)15-25-24(29)20-8-10-21(11-9-20)28-17(2)5-6-18(28)3/h5-12,14,16H,4,13,15H2,1-3H3,(H,25,29). The number of amides is 1. The van der Waals surface area contributed by atoms with Gasteiger partial charge in [-0.3, -0.25) is 4.79 Å². The second kappa shape index (κ2) is 7.95. The van der Waals surface area contributed by atoms with E-state index in [1.165, 1.54) is 11.4 Å². The van der Waals surface area contributed by atoms with Gasteiger partial charge in [0.2, 0.25) is 0 Å². The van der Waals surface area contributed by atoms with E-state index < -0.39 is 0 Å². The quantitative estimate of drug-likeness (QED) is 0.518. The molecule has 0 atom stereocenters. The van der Waals surface area contributed by atoms with Crippen LogP contribution in [0, 0.1) is 13.8 Å². The summed E-state index contributed by atoms with van der Waals surface area (Å²) in [5.74, 6) is -0.0749. The van der Waals surface area contributed by atoms with Crippen molar-refractivity contribution in [1.82, 2.24) is 19.4 Å². The van der Waals surface area contributed by atoms with E-state index >= 15 is 0 Å². The lowest BCUT2D eigenvalue weighted by Gasteiger charge is -2.11. The molecular formula is C24H26N4O. The molecule has 0 radical (unpaired) electrons. The van der Waals surface area contributed by atoms with Crippen LogP contribution in [0.1, 0.15) is 40.7 Å². The molecule has 2 heterocycles. The smallest absolute Gasteiger partial charge is 0.251 e. The van der Waals surface area contributed by atoms with Gasteiger partial charge in [-0.05, 0) is 74.4 Å². The fourth-order valence-corrected chi connectivity index (χ4v) is 3.76. The molecule has 2 aromatic carbocycles. The number of hydrogen-bond acceptors (Lipinski definition) is 2. The van der Waals surface area contributed by atoms with Gasteiger partial charge in [-0.2, -0.15) is 0 Å². The summed E-state index contributed by atoms with van der Waals surface area (Å²) in [6, 6.07) is 18.1. The van der Waals surface area contributed by atoms with E-state index in [1.54, 1.807) is 0 Å². The fourth-order valence-electron chi connectivity index (χ4n) is 3.76. The second-order valence-corrected chi connectivity index (χ2v) is 7.44. The van der Waals surface area contributed by atoms with E-state index in [0.717, 1.165) is 35.2 Å². The second-order valence-electron chi connectivity index (χ2n) is 7.44. The third-order valence-electron chi connectivity index (χ3n) is 5.26. The molecule has 148 valence electrons. The molecule has 0 aliphatic rings. The molecule has 4 rings (SSSR count). The summed E-state index contributed by atoms with van der Waals surface area (Å²) in [6.07, 6.45) is 2.96. The third-order valence-corrected chi connectivity index (χ3v) is 5.26. The van der Waals surface area contributed by atoms with Gasteiger partial charge >= 0.3 is 0 Å². The molecule has 4 aromatic rings. The van der Waals surface area contributed by atoms with E-state index in [2.05, 4.69) is 64.5 Å². The van der Waals surface area contributed by atoms with Crippen LogP contribution in [0.15, 0.2) is 60.9 Å². The number of hydrogen-bond donors (Lipinski definition) is 1. The number of aryl methyl sites for hydroxylation is 3. The van der Waals surface area contributed by atoms with Gasteiger partial charge in [-0.25, -0.2) is 4.98 Å². The Bertz CT molecular complexity index is 1130. The van der Waals surface area contributed by atoms with Gasteiger partial charge < -0.3 is 14.5 Å². The molecule has 0 saturated heterocycles. The van der Waals surface area contributed by atoms with Crippen LogP contribution in [0.25, 0.3) is 16.7 Å². The molecule has 5 heteroatoms. The lowest BCUT2D eigenvalue weighted by molar-refractivity contribution is 0.0951. The molecule has 0 unspecified atom stereocenters. The maximum Gasteiger partial charge on any atom is 0.251 e. The molecule has 0 aliphatic heterocycles. The highest BCUT2D eigenvalue weighted by Gasteiger charge is 2.09. The van der Waals surface area contributed by atoms with Crippen LogP contribution < -0.4 is 5.32 Å². The first-order valence-electron chi connectivity index (χ1n) is 10.0. The largest absolute Gasteiger partial charge is 0.348 e. The zero-order chi connectivity index (χ0) is 20.4. The number of carbonyl (C=O) groups excluding carboxylic acids is 1. The Balaban J connectivity index is 1.44. The number of fused-ring (bicyclic) bond motifs is 1. The first kappa shape index (κ1) is 19.0. The van der Waals surface area contributed by atoms with Gasteiger partial charge in [0.25, 0.3) is 5.91 Å². The molecule has 29 heavy (non-hydrogen) atoms. The molecule has 0 spiro atoms. The Hall–Kier alpha value is -3.34. The number of rotatable bonds is 6. The zero-order valence-corrected chi connectivity index (χ0v) is 17.1. The molecule has 1 N–H and O–H groups in total. The zero-order valence-electron chi connectivity index (χ0n) is 17.1. The predicted octanol–water partition coefficient (Wildman–Crippen LogP) is 4.78. The van der Waals surface area contributed by atoms with Gasteiger partial charge in [-0.1, -0.05) is 13.0 Å². The highest BCUT2D eigenvalue weighted by Crippen LogP contribution is 2.18. The predicted molar refractivity (Wildman–Crippen MR) is 116 cm³/mol. The lowest BCUT2D eigenvalue weighted by atomic mass is 10.1. The van der Waals surface area contributed by atoms with Crippen molar-refractivity contribution in [2.45, 2.75) is 40.3 Å². The minimum absolute atomic E-state index is 0.0749. The number of imidazole rings is 1. The van der Waals surface area contributed by atoms with Crippen LogP contribution in [0.4, 0.5) is 0 Å². The molecule has 5 nitrogen and oxygen atoms in total. The Kier molecular flexibility index (Phi) is 5.21. The Morgan fingerprint density at radius 1 is 1.00 bits per heavy atom. The van der Waals surface area contributed by atoms with Crippen molar-refractivity contribution in [3.05, 3.63) is 83.4 Å². The van der Waals surface area contributed by atoms with Crippen LogP contribution in [0.2, 0.25) is 0 Å². The van der Waals surface area contributed by atoms with Crippen LogP contribution in [0.5, 0.6) is 0 Å². The summed E-state index contributed by atoms with van der Waals surface area (Å²) in [7, 11) is 0. The normalized spacial score (nSPS) is 11.1. The summed E-state index contributed by atoms with van der Waals surface area (Å²) in [4.78, 5) is 17.0. The Morgan fingerprint density at radius 2 is 1.72 bits per heavy atom. The summed E-state index contributed by atoms with van der Waals surface area (Å²) in [5, 5.41) is 3.01. The van der Waals surface area contributed by atoms with E-state index in [9.17, 15) is 4.79 Å². The van der Waals surface area contributed by atoms with Crippen molar-refractivity contribution < 1.29 is 4.79 Å².